The summed E-state index contributed by atoms with van der Waals surface area (Å²) in [4.78, 5) is 14.2. The maximum absolute atomic E-state index is 4.64. The molecule has 0 radical (unpaired) electrons. The number of rotatable bonds is 7. The van der Waals surface area contributed by atoms with Gasteiger partial charge >= 0.3 is 0 Å². The van der Waals surface area contributed by atoms with Crippen LogP contribution < -0.4 is 0 Å². The lowest BCUT2D eigenvalue weighted by Gasteiger charge is -2.17. The van der Waals surface area contributed by atoms with Gasteiger partial charge in [-0.2, -0.15) is 0 Å². The molecule has 2 aromatic rings. The molecule has 0 atom stereocenters. The van der Waals surface area contributed by atoms with Gasteiger partial charge in [0, 0.05) is 22.6 Å². The average molecular weight is 310 g/mol. The predicted octanol–water partition coefficient (Wildman–Crippen LogP) is 4.00. The number of hydrogen-bond acceptors (Lipinski definition) is 5. The number of thiophene rings is 1. The Hall–Kier alpha value is -0.650. The second-order valence-electron chi connectivity index (χ2n) is 4.74. The molecule has 110 valence electrons. The Bertz CT molecular complexity index is 561. The van der Waals surface area contributed by atoms with Gasteiger partial charge in [0.15, 0.2) is 0 Å². The second kappa shape index (κ2) is 7.38. The number of aromatic nitrogens is 2. The molecular weight excluding hydrogens is 286 g/mol. The first-order valence-electron chi connectivity index (χ1n) is 7.30. The van der Waals surface area contributed by atoms with E-state index in [1.165, 1.54) is 10.3 Å². The summed E-state index contributed by atoms with van der Waals surface area (Å²) >= 11 is 3.66. The van der Waals surface area contributed by atoms with Crippen molar-refractivity contribution in [2.24, 2.45) is 0 Å². The predicted molar refractivity (Wildman–Crippen MR) is 90.0 cm³/mol. The zero-order chi connectivity index (χ0) is 14.5. The fourth-order valence-electron chi connectivity index (χ4n) is 2.14. The Kier molecular flexibility index (Phi) is 5.81. The van der Waals surface area contributed by atoms with Crippen LogP contribution in [0.2, 0.25) is 0 Å². The molecule has 0 N–H and O–H groups in total. The van der Waals surface area contributed by atoms with E-state index in [0.29, 0.717) is 0 Å². The Labute approximate surface area is 129 Å². The highest BCUT2D eigenvalue weighted by molar-refractivity contribution is 7.99. The molecule has 0 aliphatic carbocycles. The van der Waals surface area contributed by atoms with Gasteiger partial charge in [-0.15, -0.1) is 23.1 Å². The first-order valence-corrected chi connectivity index (χ1v) is 9.10. The average Bonchev–Trinajstić information content (AvgIpc) is 2.86. The lowest BCUT2D eigenvalue weighted by atomic mass is 10.3. The zero-order valence-electron chi connectivity index (χ0n) is 12.8. The molecule has 0 fully saturated rings. The summed E-state index contributed by atoms with van der Waals surface area (Å²) in [5, 5.41) is 2.39. The van der Waals surface area contributed by atoms with Gasteiger partial charge in [-0.3, -0.25) is 0 Å². The fourth-order valence-corrected chi connectivity index (χ4v) is 4.27. The van der Waals surface area contributed by atoms with Crippen molar-refractivity contribution in [1.29, 1.82) is 0 Å². The van der Waals surface area contributed by atoms with Crippen LogP contribution in [0.25, 0.3) is 10.2 Å². The van der Waals surface area contributed by atoms with Crippen LogP contribution >= 0.6 is 23.1 Å². The van der Waals surface area contributed by atoms with Gasteiger partial charge in [0.25, 0.3) is 0 Å². The number of hydrogen-bond donors (Lipinski definition) is 0. The fraction of sp³-hybridized carbons (Fsp3) is 0.600. The summed E-state index contributed by atoms with van der Waals surface area (Å²) in [6, 6.07) is 2.26. The molecule has 5 heteroatoms. The van der Waals surface area contributed by atoms with Crippen molar-refractivity contribution in [2.75, 3.05) is 25.4 Å². The molecule has 3 nitrogen and oxygen atoms in total. The minimum absolute atomic E-state index is 0.882. The largest absolute Gasteiger partial charge is 0.303 e. The molecule has 0 amide bonds. The number of aryl methyl sites for hydroxylation is 2. The quantitative estimate of drug-likeness (QED) is 0.571. The van der Waals surface area contributed by atoms with Gasteiger partial charge in [0.1, 0.15) is 15.7 Å². The minimum Gasteiger partial charge on any atom is -0.303 e. The van der Waals surface area contributed by atoms with Crippen molar-refractivity contribution >= 4 is 33.3 Å². The third kappa shape index (κ3) is 3.71. The van der Waals surface area contributed by atoms with Crippen LogP contribution in [0.4, 0.5) is 0 Å². The van der Waals surface area contributed by atoms with Crippen molar-refractivity contribution in [1.82, 2.24) is 14.9 Å². The highest BCUT2D eigenvalue weighted by Gasteiger charge is 2.10. The highest BCUT2D eigenvalue weighted by Crippen LogP contribution is 2.31. The van der Waals surface area contributed by atoms with E-state index >= 15 is 0 Å². The molecule has 2 rings (SSSR count). The third-order valence-electron chi connectivity index (χ3n) is 3.41. The lowest BCUT2D eigenvalue weighted by molar-refractivity contribution is 0.324. The van der Waals surface area contributed by atoms with Crippen molar-refractivity contribution in [3.8, 4) is 0 Å². The molecule has 2 aromatic heterocycles. The summed E-state index contributed by atoms with van der Waals surface area (Å²) in [6.45, 7) is 12.0. The summed E-state index contributed by atoms with van der Waals surface area (Å²) in [6.07, 6.45) is 1.07. The number of nitrogens with zero attached hydrogens (tertiary/aromatic N) is 3. The molecule has 0 saturated heterocycles. The topological polar surface area (TPSA) is 29.0 Å². The molecule has 0 bridgehead atoms. The molecule has 0 unspecified atom stereocenters. The summed E-state index contributed by atoms with van der Waals surface area (Å²) in [5.74, 6) is 1.97. The van der Waals surface area contributed by atoms with E-state index in [1.807, 2.05) is 18.7 Å². The highest BCUT2D eigenvalue weighted by atomic mass is 32.2. The van der Waals surface area contributed by atoms with Gasteiger partial charge in [-0.25, -0.2) is 9.97 Å². The Morgan fingerprint density at radius 1 is 1.20 bits per heavy atom. The van der Waals surface area contributed by atoms with Crippen molar-refractivity contribution in [3.63, 3.8) is 0 Å². The van der Waals surface area contributed by atoms with Crippen LogP contribution in [0, 0.1) is 6.92 Å². The maximum Gasteiger partial charge on any atom is 0.128 e. The minimum atomic E-state index is 0.882. The van der Waals surface area contributed by atoms with E-state index in [-0.39, 0.29) is 0 Å². The van der Waals surface area contributed by atoms with Gasteiger partial charge < -0.3 is 4.90 Å². The van der Waals surface area contributed by atoms with Crippen LogP contribution in [0.3, 0.4) is 0 Å². The normalized spacial score (nSPS) is 11.7. The van der Waals surface area contributed by atoms with Crippen molar-refractivity contribution < 1.29 is 0 Å². The molecule has 0 aliphatic rings. The standard InChI is InChI=1S/C15H23N3S2/c1-5-12-10-13-14(16-11(4)17-15(13)20-12)19-9-8-18(6-2)7-3/h10H,5-9H2,1-4H3. The lowest BCUT2D eigenvalue weighted by Crippen LogP contribution is -2.25. The van der Waals surface area contributed by atoms with E-state index < -0.39 is 0 Å². The van der Waals surface area contributed by atoms with E-state index in [4.69, 9.17) is 0 Å². The van der Waals surface area contributed by atoms with Crippen LogP contribution in [0.1, 0.15) is 31.5 Å². The Balaban J connectivity index is 2.14. The summed E-state index contributed by atoms with van der Waals surface area (Å²) < 4.78 is 0. The molecule has 20 heavy (non-hydrogen) atoms. The van der Waals surface area contributed by atoms with Crippen LogP contribution in [0.15, 0.2) is 11.1 Å². The zero-order valence-corrected chi connectivity index (χ0v) is 14.4. The van der Waals surface area contributed by atoms with Gasteiger partial charge in [0.2, 0.25) is 0 Å². The van der Waals surface area contributed by atoms with Crippen molar-refractivity contribution in [3.05, 3.63) is 16.8 Å². The summed E-state index contributed by atoms with van der Waals surface area (Å²) in [5.41, 5.74) is 0. The van der Waals surface area contributed by atoms with E-state index in [0.717, 1.165) is 47.5 Å². The Morgan fingerprint density at radius 3 is 2.60 bits per heavy atom. The third-order valence-corrected chi connectivity index (χ3v) is 5.55. The molecule has 0 aliphatic heterocycles. The van der Waals surface area contributed by atoms with Crippen LogP contribution in [-0.4, -0.2) is 40.3 Å². The SMILES string of the molecule is CCc1cc2c(SCCN(CC)CC)nc(C)nc2s1. The van der Waals surface area contributed by atoms with Crippen molar-refractivity contribution in [2.45, 2.75) is 39.1 Å². The molecule has 0 aromatic carbocycles. The van der Waals surface area contributed by atoms with Gasteiger partial charge in [-0.1, -0.05) is 20.8 Å². The van der Waals surface area contributed by atoms with E-state index in [2.05, 4.69) is 41.7 Å². The molecular formula is C15H23N3S2. The van der Waals surface area contributed by atoms with Gasteiger partial charge in [-0.05, 0) is 32.5 Å². The maximum atomic E-state index is 4.64. The molecule has 0 spiro atoms. The Morgan fingerprint density at radius 2 is 1.95 bits per heavy atom. The van der Waals surface area contributed by atoms with Crippen LogP contribution in [-0.2, 0) is 6.42 Å². The number of thioether (sulfide) groups is 1. The van der Waals surface area contributed by atoms with E-state index in [1.54, 1.807) is 11.3 Å². The van der Waals surface area contributed by atoms with Gasteiger partial charge in [0.05, 0.1) is 0 Å². The first-order chi connectivity index (χ1) is 9.67. The second-order valence-corrected chi connectivity index (χ2v) is 6.94. The monoisotopic (exact) mass is 309 g/mol. The molecule has 0 saturated carbocycles. The first kappa shape index (κ1) is 15.7. The summed E-state index contributed by atoms with van der Waals surface area (Å²) in [7, 11) is 0. The van der Waals surface area contributed by atoms with E-state index in [9.17, 15) is 0 Å². The number of fused-ring (bicyclic) bond motifs is 1. The smallest absolute Gasteiger partial charge is 0.128 e. The van der Waals surface area contributed by atoms with Crippen LogP contribution in [0.5, 0.6) is 0 Å². The molecule has 2 heterocycles.